The highest BCUT2D eigenvalue weighted by Gasteiger charge is 2.29. The first-order valence-corrected chi connectivity index (χ1v) is 22.8. The summed E-state index contributed by atoms with van der Waals surface area (Å²) in [5.74, 6) is 0. The van der Waals surface area contributed by atoms with Gasteiger partial charge in [0.2, 0.25) is 10.3 Å². The van der Waals surface area contributed by atoms with Crippen molar-refractivity contribution in [2.24, 2.45) is 0 Å². The third-order valence-corrected chi connectivity index (χ3v) is 14.7. The van der Waals surface area contributed by atoms with Crippen molar-refractivity contribution in [2.45, 2.75) is 113 Å². The summed E-state index contributed by atoms with van der Waals surface area (Å²) in [6.45, 7) is 10.8. The fourth-order valence-corrected chi connectivity index (χ4v) is 11.3. The number of piperidine rings is 2. The average Bonchev–Trinajstić information content (AvgIpc) is 3.85. The Morgan fingerprint density at radius 2 is 1.12 bits per heavy atom. The quantitative estimate of drug-likeness (QED) is 0.142. The van der Waals surface area contributed by atoms with Gasteiger partial charge in [-0.3, -0.25) is 19.2 Å². The van der Waals surface area contributed by atoms with E-state index in [2.05, 4.69) is 65.7 Å². The molecular weight excluding hydrogens is 784 g/mol. The van der Waals surface area contributed by atoms with Crippen LogP contribution in [0, 0.1) is 0 Å². The Bertz CT molecular complexity index is 1830. The zero-order chi connectivity index (χ0) is 37.5. The molecule has 2 aromatic heterocycles. The maximum Gasteiger partial charge on any atom is 0.263 e. The van der Waals surface area contributed by atoms with Crippen molar-refractivity contribution in [3.8, 4) is 0 Å². The first kappa shape index (κ1) is 40.7. The summed E-state index contributed by atoms with van der Waals surface area (Å²) >= 11 is 14.9. The van der Waals surface area contributed by atoms with E-state index < -0.39 is 20.0 Å². The number of rotatable bonds is 12. The maximum absolute atomic E-state index is 12.5. The molecule has 0 spiro atoms. The lowest BCUT2D eigenvalue weighted by Crippen LogP contribution is -2.40. The average molecular weight is 830 g/mol. The highest BCUT2D eigenvalue weighted by Crippen LogP contribution is 2.36. The number of likely N-dealkylation sites (tertiary alicyclic amines) is 2. The molecule has 0 amide bonds. The second-order valence-electron chi connectivity index (χ2n) is 13.0. The van der Waals surface area contributed by atoms with Gasteiger partial charge in [-0.05, 0) is 101 Å². The first-order chi connectivity index (χ1) is 24.8. The molecule has 2 aromatic carbocycles. The largest absolute Gasteiger partial charge is 0.294 e. The number of hydrogen-bond acceptors (Lipinski definition) is 12. The van der Waals surface area contributed by atoms with Crippen molar-refractivity contribution in [1.29, 1.82) is 0 Å². The first-order valence-electron chi connectivity index (χ1n) is 17.5. The summed E-state index contributed by atoms with van der Waals surface area (Å²) in [6, 6.07) is 11.3. The Morgan fingerprint density at radius 3 is 1.44 bits per heavy atom. The SMILES string of the molecule is CC[C@H]1CCCCN1[C@@H](C)c1ccc(S(=O)(=O)Nc2ncns2)cc1Cl.CC[C@H]1CCCCN1[C@H](C)c1ccc(S(=O)(=O)Nc2ncns2)cc1Cl. The fraction of sp³-hybridized carbons (Fsp3) is 0.529. The third kappa shape index (κ3) is 10.00. The molecule has 2 N–H and O–H groups in total. The molecule has 4 atom stereocenters. The minimum atomic E-state index is -3.73. The number of aromatic nitrogens is 4. The van der Waals surface area contributed by atoms with Crippen molar-refractivity contribution >= 4 is 76.6 Å². The monoisotopic (exact) mass is 828 g/mol. The zero-order valence-electron chi connectivity index (χ0n) is 29.7. The molecule has 2 saturated heterocycles. The lowest BCUT2D eigenvalue weighted by atomic mass is 9.95. The van der Waals surface area contributed by atoms with E-state index in [0.717, 1.165) is 60.1 Å². The maximum atomic E-state index is 12.5. The molecule has 18 heteroatoms. The van der Waals surface area contributed by atoms with E-state index in [-0.39, 0.29) is 32.1 Å². The van der Waals surface area contributed by atoms with Crippen LogP contribution in [-0.2, 0) is 20.0 Å². The fourth-order valence-electron chi connectivity index (χ4n) is 7.11. The van der Waals surface area contributed by atoms with E-state index in [0.29, 0.717) is 22.1 Å². The van der Waals surface area contributed by atoms with E-state index in [1.165, 1.54) is 63.3 Å². The summed E-state index contributed by atoms with van der Waals surface area (Å²) in [7, 11) is -7.46. The second kappa shape index (κ2) is 18.3. The second-order valence-corrected chi connectivity index (χ2v) is 18.8. The van der Waals surface area contributed by atoms with Crippen molar-refractivity contribution in [1.82, 2.24) is 28.5 Å². The Morgan fingerprint density at radius 1 is 0.712 bits per heavy atom. The number of nitrogens with zero attached hydrogens (tertiary/aromatic N) is 6. The molecule has 284 valence electrons. The van der Waals surface area contributed by atoms with Crippen LogP contribution < -0.4 is 9.44 Å². The Hall–Kier alpha value is -2.44. The molecule has 12 nitrogen and oxygen atoms in total. The van der Waals surface area contributed by atoms with Gasteiger partial charge < -0.3 is 0 Å². The normalized spacial score (nSPS) is 20.0. The van der Waals surface area contributed by atoms with Crippen LogP contribution in [0.15, 0.2) is 58.8 Å². The van der Waals surface area contributed by atoms with Crippen LogP contribution in [0.3, 0.4) is 0 Å². The predicted octanol–water partition coefficient (Wildman–Crippen LogP) is 8.64. The minimum Gasteiger partial charge on any atom is -0.294 e. The van der Waals surface area contributed by atoms with E-state index in [1.807, 2.05) is 12.1 Å². The molecule has 0 radical (unpaired) electrons. The van der Waals surface area contributed by atoms with Crippen LogP contribution in [0.25, 0.3) is 0 Å². The summed E-state index contributed by atoms with van der Waals surface area (Å²) in [5, 5.41) is 1.41. The van der Waals surface area contributed by atoms with Gasteiger partial charge in [0.25, 0.3) is 20.0 Å². The molecule has 2 aliphatic heterocycles. The molecule has 0 bridgehead atoms. The number of nitrogens with one attached hydrogen (secondary N) is 2. The predicted molar refractivity (Wildman–Crippen MR) is 210 cm³/mol. The van der Waals surface area contributed by atoms with Gasteiger partial charge in [-0.25, -0.2) is 26.8 Å². The van der Waals surface area contributed by atoms with Gasteiger partial charge in [-0.15, -0.1) is 0 Å². The summed E-state index contributed by atoms with van der Waals surface area (Å²) in [5.41, 5.74) is 1.92. The van der Waals surface area contributed by atoms with Crippen molar-refractivity contribution in [3.63, 3.8) is 0 Å². The topological polar surface area (TPSA) is 150 Å². The van der Waals surface area contributed by atoms with Crippen LogP contribution in [0.1, 0.15) is 102 Å². The molecular formula is C34H46Cl2N8O4S4. The summed E-state index contributed by atoms with van der Waals surface area (Å²) in [6.07, 6.45) is 12.2. The van der Waals surface area contributed by atoms with Crippen molar-refractivity contribution in [3.05, 3.63) is 70.2 Å². The number of hydrogen-bond donors (Lipinski definition) is 2. The number of halogens is 2. The Labute approximate surface area is 325 Å². The highest BCUT2D eigenvalue weighted by atomic mass is 35.5. The summed E-state index contributed by atoms with van der Waals surface area (Å²) in [4.78, 5) is 12.9. The summed E-state index contributed by atoms with van der Waals surface area (Å²) < 4.78 is 62.4. The van der Waals surface area contributed by atoms with E-state index in [9.17, 15) is 16.8 Å². The molecule has 2 fully saturated rings. The zero-order valence-corrected chi connectivity index (χ0v) is 34.5. The minimum absolute atomic E-state index is 0.124. The molecule has 0 unspecified atom stereocenters. The molecule has 4 heterocycles. The van der Waals surface area contributed by atoms with Gasteiger partial charge in [-0.1, -0.05) is 62.0 Å². The molecule has 0 saturated carbocycles. The van der Waals surface area contributed by atoms with Gasteiger partial charge in [0.1, 0.15) is 12.7 Å². The van der Waals surface area contributed by atoms with Gasteiger partial charge in [0.05, 0.1) is 9.79 Å². The Balaban J connectivity index is 0.000000201. The highest BCUT2D eigenvalue weighted by molar-refractivity contribution is 7.93. The van der Waals surface area contributed by atoms with Gasteiger partial charge >= 0.3 is 0 Å². The van der Waals surface area contributed by atoms with E-state index in [4.69, 9.17) is 23.2 Å². The molecule has 52 heavy (non-hydrogen) atoms. The van der Waals surface area contributed by atoms with Crippen molar-refractivity contribution < 1.29 is 16.8 Å². The van der Waals surface area contributed by atoms with Crippen LogP contribution in [-0.4, -0.2) is 70.5 Å². The van der Waals surface area contributed by atoms with E-state index >= 15 is 0 Å². The lowest BCUT2D eigenvalue weighted by molar-refractivity contribution is 0.100. The molecule has 2 aliphatic rings. The number of sulfonamides is 2. The third-order valence-electron chi connectivity index (χ3n) is 9.91. The Kier molecular flexibility index (Phi) is 14.3. The van der Waals surface area contributed by atoms with Crippen LogP contribution in [0.4, 0.5) is 10.3 Å². The number of anilines is 2. The molecule has 0 aliphatic carbocycles. The van der Waals surface area contributed by atoms with Gasteiger partial charge in [0, 0.05) is 57.3 Å². The van der Waals surface area contributed by atoms with Crippen molar-refractivity contribution in [2.75, 3.05) is 22.5 Å². The van der Waals surface area contributed by atoms with E-state index in [1.54, 1.807) is 12.1 Å². The van der Waals surface area contributed by atoms with Crippen LogP contribution in [0.5, 0.6) is 0 Å². The van der Waals surface area contributed by atoms with Crippen LogP contribution in [0.2, 0.25) is 10.0 Å². The smallest absolute Gasteiger partial charge is 0.263 e. The standard InChI is InChI=1S/2C17H23ClN4O2S2/c2*1-3-13-6-4-5-9-22(13)12(2)15-8-7-14(10-16(15)18)26(23,24)21-17-19-11-20-25-17/h2*7-8,10-13H,3-6,9H2,1-2H3,(H,19,20,21)/t12-,13+;12-,13-/m10/s1. The van der Waals surface area contributed by atoms with Gasteiger partial charge in [-0.2, -0.15) is 8.75 Å². The number of benzene rings is 2. The molecule has 6 rings (SSSR count). The van der Waals surface area contributed by atoms with Crippen LogP contribution >= 0.6 is 46.3 Å². The van der Waals surface area contributed by atoms with Gasteiger partial charge in [0.15, 0.2) is 0 Å². The lowest BCUT2D eigenvalue weighted by Gasteiger charge is -2.40. The molecule has 4 aromatic rings.